The fourth-order valence-electron chi connectivity index (χ4n) is 4.69. The van der Waals surface area contributed by atoms with Crippen LogP contribution in [-0.2, 0) is 22.5 Å². The summed E-state index contributed by atoms with van der Waals surface area (Å²) in [7, 11) is 0. The van der Waals surface area contributed by atoms with E-state index in [1.165, 1.54) is 12.8 Å². The molecule has 4 rings (SSSR count). The number of ether oxygens (including phenoxy) is 2. The summed E-state index contributed by atoms with van der Waals surface area (Å²) in [4.78, 5) is 25.9. The van der Waals surface area contributed by atoms with Crippen molar-refractivity contribution in [2.24, 2.45) is 0 Å². The first-order valence-electron chi connectivity index (χ1n) is 13.0. The molecule has 0 bridgehead atoms. The van der Waals surface area contributed by atoms with Crippen LogP contribution < -0.4 is 10.1 Å². The molecule has 38 heavy (non-hydrogen) atoms. The Kier molecular flexibility index (Phi) is 9.47. The molecule has 0 aliphatic heterocycles. The van der Waals surface area contributed by atoms with Gasteiger partial charge >= 0.3 is 5.97 Å². The molecule has 1 unspecified atom stereocenters. The topological polar surface area (TPSA) is 84.9 Å². The Labute approximate surface area is 232 Å². The number of carboxylic acids is 1. The summed E-state index contributed by atoms with van der Waals surface area (Å²) in [5.74, 6) is -0.604. The highest BCUT2D eigenvalue weighted by Crippen LogP contribution is 2.32. The fraction of sp³-hybridized carbons (Fsp3) is 0.400. The van der Waals surface area contributed by atoms with Gasteiger partial charge in [-0.1, -0.05) is 29.8 Å². The standard InChI is InChI=1S/C30H34ClNO5S/c1-18(2)36-27(30(34)35)14-20-8-10-24(28-12-19(3)17-38-28)21(13-20)16-32-29(33)25-11-9-23(15-26(25)31)37-22-6-4-5-7-22/h8-13,15,17-18,22,27H,4-7,14,16H2,1-3H3,(H,32,33)(H,34,35). The van der Waals surface area contributed by atoms with Gasteiger partial charge in [-0.2, -0.15) is 0 Å². The molecule has 1 aliphatic rings. The number of rotatable bonds is 11. The molecule has 1 aliphatic carbocycles. The predicted molar refractivity (Wildman–Crippen MR) is 151 cm³/mol. The zero-order valence-corrected chi connectivity index (χ0v) is 23.5. The van der Waals surface area contributed by atoms with Crippen molar-refractivity contribution in [3.63, 3.8) is 0 Å². The normalized spacial score (nSPS) is 14.6. The smallest absolute Gasteiger partial charge is 0.333 e. The van der Waals surface area contributed by atoms with Crippen LogP contribution in [0.1, 0.15) is 66.6 Å². The molecule has 6 nitrogen and oxygen atoms in total. The van der Waals surface area contributed by atoms with E-state index in [-0.39, 0.29) is 31.1 Å². The predicted octanol–water partition coefficient (Wildman–Crippen LogP) is 7.05. The minimum atomic E-state index is -0.999. The Morgan fingerprint density at radius 2 is 1.89 bits per heavy atom. The van der Waals surface area contributed by atoms with Crippen LogP contribution in [0.15, 0.2) is 47.8 Å². The van der Waals surface area contributed by atoms with Crippen molar-refractivity contribution in [1.82, 2.24) is 5.32 Å². The van der Waals surface area contributed by atoms with Crippen molar-refractivity contribution in [2.75, 3.05) is 0 Å². The first-order valence-corrected chi connectivity index (χ1v) is 14.3. The lowest BCUT2D eigenvalue weighted by Crippen LogP contribution is -2.29. The van der Waals surface area contributed by atoms with Crippen molar-refractivity contribution in [2.45, 2.75) is 77.7 Å². The molecule has 0 spiro atoms. The summed E-state index contributed by atoms with van der Waals surface area (Å²) in [5.41, 5.74) is 4.25. The lowest BCUT2D eigenvalue weighted by Gasteiger charge is -2.18. The number of thiophene rings is 1. The van der Waals surface area contributed by atoms with Gasteiger partial charge in [0.15, 0.2) is 6.10 Å². The number of hydrogen-bond donors (Lipinski definition) is 2. The third-order valence-corrected chi connectivity index (χ3v) is 7.92. The second kappa shape index (κ2) is 12.8. The number of halogens is 1. The summed E-state index contributed by atoms with van der Waals surface area (Å²) in [6.07, 6.45) is 3.72. The molecule has 1 atom stereocenters. The molecule has 1 fully saturated rings. The molecule has 2 aromatic carbocycles. The maximum atomic E-state index is 13.1. The van der Waals surface area contributed by atoms with E-state index in [1.807, 2.05) is 39.0 Å². The Balaban J connectivity index is 1.52. The number of carboxylic acid groups (broad SMARTS) is 1. The van der Waals surface area contributed by atoms with Gasteiger partial charge in [-0.3, -0.25) is 4.79 Å². The van der Waals surface area contributed by atoms with E-state index in [4.69, 9.17) is 21.1 Å². The summed E-state index contributed by atoms with van der Waals surface area (Å²) < 4.78 is 11.6. The average Bonchev–Trinajstić information content (AvgIpc) is 3.53. The van der Waals surface area contributed by atoms with Crippen LogP contribution in [0.5, 0.6) is 5.75 Å². The number of amides is 1. The highest BCUT2D eigenvalue weighted by Gasteiger charge is 2.22. The third-order valence-electron chi connectivity index (χ3n) is 6.53. The fourth-order valence-corrected chi connectivity index (χ4v) is 5.91. The quantitative estimate of drug-likeness (QED) is 0.265. The van der Waals surface area contributed by atoms with Crippen LogP contribution in [0, 0.1) is 6.92 Å². The number of carbonyl (C=O) groups excluding carboxylic acids is 1. The summed E-state index contributed by atoms with van der Waals surface area (Å²) in [6.45, 7) is 5.94. The average molecular weight is 556 g/mol. The lowest BCUT2D eigenvalue weighted by atomic mass is 9.98. The molecule has 1 heterocycles. The Morgan fingerprint density at radius 3 is 2.53 bits per heavy atom. The Hall–Kier alpha value is -2.87. The van der Waals surface area contributed by atoms with Crippen LogP contribution >= 0.6 is 22.9 Å². The van der Waals surface area contributed by atoms with Crippen molar-refractivity contribution in [3.8, 4) is 16.2 Å². The maximum Gasteiger partial charge on any atom is 0.333 e. The monoisotopic (exact) mass is 555 g/mol. The maximum absolute atomic E-state index is 13.1. The van der Waals surface area contributed by atoms with Crippen molar-refractivity contribution >= 4 is 34.8 Å². The summed E-state index contributed by atoms with van der Waals surface area (Å²) in [5, 5.41) is 15.0. The van der Waals surface area contributed by atoms with Crippen LogP contribution in [0.4, 0.5) is 0 Å². The molecule has 3 aromatic rings. The highest BCUT2D eigenvalue weighted by molar-refractivity contribution is 7.13. The van der Waals surface area contributed by atoms with Crippen molar-refractivity contribution in [1.29, 1.82) is 0 Å². The van der Waals surface area contributed by atoms with E-state index in [9.17, 15) is 14.7 Å². The molecule has 2 N–H and O–H groups in total. The Bertz CT molecular complexity index is 1280. The van der Waals surface area contributed by atoms with Crippen LogP contribution in [0.25, 0.3) is 10.4 Å². The van der Waals surface area contributed by atoms with E-state index in [2.05, 4.69) is 16.8 Å². The highest BCUT2D eigenvalue weighted by atomic mass is 35.5. The lowest BCUT2D eigenvalue weighted by molar-refractivity contribution is -0.153. The number of aliphatic carboxylic acids is 1. The summed E-state index contributed by atoms with van der Waals surface area (Å²) >= 11 is 8.10. The van der Waals surface area contributed by atoms with Crippen LogP contribution in [0.3, 0.4) is 0 Å². The number of carbonyl (C=O) groups is 2. The molecule has 0 saturated heterocycles. The minimum Gasteiger partial charge on any atom is -0.490 e. The van der Waals surface area contributed by atoms with Gasteiger partial charge in [0.05, 0.1) is 22.8 Å². The molecule has 8 heteroatoms. The zero-order chi connectivity index (χ0) is 27.2. The molecule has 1 aromatic heterocycles. The van der Waals surface area contributed by atoms with Gasteiger partial charge in [-0.25, -0.2) is 4.79 Å². The van der Waals surface area contributed by atoms with Crippen molar-refractivity contribution < 1.29 is 24.2 Å². The number of benzene rings is 2. The van der Waals surface area contributed by atoms with E-state index in [0.717, 1.165) is 40.0 Å². The van der Waals surface area contributed by atoms with Gasteiger partial charge in [0.2, 0.25) is 0 Å². The van der Waals surface area contributed by atoms with E-state index >= 15 is 0 Å². The summed E-state index contributed by atoms with van der Waals surface area (Å²) in [6, 6.07) is 13.2. The second-order valence-corrected chi connectivity index (χ2v) is 11.4. The van der Waals surface area contributed by atoms with Gasteiger partial charge < -0.3 is 19.9 Å². The molecule has 1 saturated carbocycles. The molecular formula is C30H34ClNO5S. The van der Waals surface area contributed by atoms with E-state index < -0.39 is 12.1 Å². The van der Waals surface area contributed by atoms with Crippen LogP contribution in [-0.4, -0.2) is 35.3 Å². The third kappa shape index (κ3) is 7.37. The molecular weight excluding hydrogens is 522 g/mol. The largest absolute Gasteiger partial charge is 0.490 e. The van der Waals surface area contributed by atoms with Gasteiger partial charge in [0, 0.05) is 17.8 Å². The van der Waals surface area contributed by atoms with E-state index in [0.29, 0.717) is 16.3 Å². The second-order valence-electron chi connectivity index (χ2n) is 10.0. The number of aryl methyl sites for hydroxylation is 1. The van der Waals surface area contributed by atoms with Gasteiger partial charge in [0.1, 0.15) is 5.75 Å². The molecule has 1 amide bonds. The molecule has 0 radical (unpaired) electrons. The number of hydrogen-bond acceptors (Lipinski definition) is 5. The van der Waals surface area contributed by atoms with Gasteiger partial charge in [0.25, 0.3) is 5.91 Å². The minimum absolute atomic E-state index is 0.206. The first-order chi connectivity index (χ1) is 18.2. The first kappa shape index (κ1) is 28.1. The zero-order valence-electron chi connectivity index (χ0n) is 22.0. The van der Waals surface area contributed by atoms with Gasteiger partial charge in [-0.05, 0) is 98.4 Å². The number of nitrogens with one attached hydrogen (secondary N) is 1. The van der Waals surface area contributed by atoms with Crippen LogP contribution in [0.2, 0.25) is 5.02 Å². The van der Waals surface area contributed by atoms with Crippen molar-refractivity contribution in [3.05, 3.63) is 75.1 Å². The Morgan fingerprint density at radius 1 is 1.13 bits per heavy atom. The SMILES string of the molecule is Cc1csc(-c2ccc(CC(OC(C)C)C(=O)O)cc2CNC(=O)c2ccc(OC3CCCC3)cc2Cl)c1. The van der Waals surface area contributed by atoms with E-state index in [1.54, 1.807) is 29.5 Å². The van der Waals surface area contributed by atoms with Gasteiger partial charge in [-0.15, -0.1) is 11.3 Å². The molecule has 202 valence electrons.